The number of carbonyl (C=O) groups is 1. The van der Waals surface area contributed by atoms with Crippen LogP contribution in [0, 0.1) is 13.8 Å². The zero-order valence-corrected chi connectivity index (χ0v) is 13.5. The van der Waals surface area contributed by atoms with Crippen LogP contribution in [0.1, 0.15) is 30.9 Å². The number of carboxylic acids is 1. The van der Waals surface area contributed by atoms with Crippen LogP contribution in [0.4, 0.5) is 0 Å². The largest absolute Gasteiger partial charge is 0.495 e. The number of aliphatic carboxylic acids is 1. The molecule has 0 radical (unpaired) electrons. The van der Waals surface area contributed by atoms with E-state index in [1.54, 1.807) is 26.0 Å². The van der Waals surface area contributed by atoms with Gasteiger partial charge < -0.3 is 9.84 Å². The minimum atomic E-state index is -3.97. The summed E-state index contributed by atoms with van der Waals surface area (Å²) in [5, 5.41) is 9.10. The first-order valence-electron chi connectivity index (χ1n) is 6.63. The summed E-state index contributed by atoms with van der Waals surface area (Å²) in [5.41, 5.74) is 1.38. The highest BCUT2D eigenvalue weighted by molar-refractivity contribution is 7.89. The number of hydrogen-bond donors (Lipinski definition) is 2. The first-order valence-corrected chi connectivity index (χ1v) is 8.11. The molecule has 7 heteroatoms. The van der Waals surface area contributed by atoms with Gasteiger partial charge in [-0.3, -0.25) is 4.79 Å². The van der Waals surface area contributed by atoms with Crippen LogP contribution in [0.2, 0.25) is 0 Å². The Kier molecular flexibility index (Phi) is 5.74. The predicted molar refractivity (Wildman–Crippen MR) is 79.1 cm³/mol. The van der Waals surface area contributed by atoms with E-state index in [0.29, 0.717) is 12.0 Å². The van der Waals surface area contributed by atoms with E-state index in [0.717, 1.165) is 5.56 Å². The Hall–Kier alpha value is -1.60. The Morgan fingerprint density at radius 3 is 2.48 bits per heavy atom. The molecule has 2 N–H and O–H groups in total. The average molecular weight is 315 g/mol. The topological polar surface area (TPSA) is 92.7 Å². The van der Waals surface area contributed by atoms with Gasteiger partial charge in [0.1, 0.15) is 16.7 Å². The van der Waals surface area contributed by atoms with Crippen molar-refractivity contribution in [1.82, 2.24) is 4.72 Å². The SMILES string of the molecule is CCCC(NS(=O)(=O)c1c(C)cc(C)cc1OC)C(=O)O. The van der Waals surface area contributed by atoms with Crippen molar-refractivity contribution in [3.8, 4) is 5.75 Å². The number of ether oxygens (including phenoxy) is 1. The van der Waals surface area contributed by atoms with Crippen LogP contribution in [-0.4, -0.2) is 32.6 Å². The number of aryl methyl sites for hydroxylation is 2. The fourth-order valence-electron chi connectivity index (χ4n) is 2.18. The lowest BCUT2D eigenvalue weighted by Crippen LogP contribution is -2.40. The maximum absolute atomic E-state index is 12.5. The number of rotatable bonds is 7. The summed E-state index contributed by atoms with van der Waals surface area (Å²) in [6, 6.07) is 2.18. The molecule has 6 nitrogen and oxygen atoms in total. The Morgan fingerprint density at radius 1 is 1.38 bits per heavy atom. The maximum atomic E-state index is 12.5. The van der Waals surface area contributed by atoms with Gasteiger partial charge in [0.2, 0.25) is 10.0 Å². The van der Waals surface area contributed by atoms with Gasteiger partial charge in [-0.1, -0.05) is 19.4 Å². The van der Waals surface area contributed by atoms with Crippen molar-refractivity contribution in [2.45, 2.75) is 44.6 Å². The number of sulfonamides is 1. The molecule has 0 fully saturated rings. The molecule has 0 spiro atoms. The van der Waals surface area contributed by atoms with Gasteiger partial charge in [0.05, 0.1) is 7.11 Å². The van der Waals surface area contributed by atoms with E-state index >= 15 is 0 Å². The molecule has 0 aliphatic heterocycles. The molecule has 0 amide bonds. The molecule has 0 bridgehead atoms. The molecular weight excluding hydrogens is 294 g/mol. The highest BCUT2D eigenvalue weighted by Crippen LogP contribution is 2.29. The predicted octanol–water partition coefficient (Wildman–Crippen LogP) is 1.84. The van der Waals surface area contributed by atoms with E-state index in [1.165, 1.54) is 7.11 Å². The Bertz CT molecular complexity index is 624. The van der Waals surface area contributed by atoms with Crippen molar-refractivity contribution in [2.75, 3.05) is 7.11 Å². The second kappa shape index (κ2) is 6.91. The van der Waals surface area contributed by atoms with Gasteiger partial charge in [0.15, 0.2) is 0 Å². The molecule has 1 aromatic carbocycles. The van der Waals surface area contributed by atoms with Crippen LogP contribution in [0.3, 0.4) is 0 Å². The smallest absolute Gasteiger partial charge is 0.321 e. The fraction of sp³-hybridized carbons (Fsp3) is 0.500. The molecule has 118 valence electrons. The van der Waals surface area contributed by atoms with E-state index in [2.05, 4.69) is 4.72 Å². The van der Waals surface area contributed by atoms with Crippen molar-refractivity contribution in [3.05, 3.63) is 23.3 Å². The molecule has 0 heterocycles. The minimum absolute atomic E-state index is 0.0158. The quantitative estimate of drug-likeness (QED) is 0.801. The standard InChI is InChI=1S/C14H21NO5S/c1-5-6-11(14(16)17)15-21(18,19)13-10(3)7-9(2)8-12(13)20-4/h7-8,11,15H,5-6H2,1-4H3,(H,16,17). The monoisotopic (exact) mass is 315 g/mol. The van der Waals surface area contributed by atoms with E-state index in [-0.39, 0.29) is 17.1 Å². The number of benzene rings is 1. The van der Waals surface area contributed by atoms with E-state index in [1.807, 2.05) is 6.92 Å². The Labute approximate surface area is 125 Å². The highest BCUT2D eigenvalue weighted by Gasteiger charge is 2.28. The van der Waals surface area contributed by atoms with Gasteiger partial charge >= 0.3 is 5.97 Å². The lowest BCUT2D eigenvalue weighted by atomic mass is 10.1. The summed E-state index contributed by atoms with van der Waals surface area (Å²) in [6.07, 6.45) is 0.783. The van der Waals surface area contributed by atoms with Gasteiger partial charge in [-0.15, -0.1) is 0 Å². The van der Waals surface area contributed by atoms with Crippen molar-refractivity contribution < 1.29 is 23.1 Å². The van der Waals surface area contributed by atoms with Crippen molar-refractivity contribution in [2.24, 2.45) is 0 Å². The van der Waals surface area contributed by atoms with Crippen LogP contribution < -0.4 is 9.46 Å². The zero-order chi connectivity index (χ0) is 16.2. The average Bonchev–Trinajstić information content (AvgIpc) is 2.36. The van der Waals surface area contributed by atoms with Gasteiger partial charge in [0.25, 0.3) is 0 Å². The summed E-state index contributed by atoms with van der Waals surface area (Å²) >= 11 is 0. The number of nitrogens with one attached hydrogen (secondary N) is 1. The van der Waals surface area contributed by atoms with Gasteiger partial charge in [0, 0.05) is 0 Å². The molecule has 1 atom stereocenters. The fourth-order valence-corrected chi connectivity index (χ4v) is 3.78. The van der Waals surface area contributed by atoms with Crippen molar-refractivity contribution in [3.63, 3.8) is 0 Å². The van der Waals surface area contributed by atoms with Crippen molar-refractivity contribution in [1.29, 1.82) is 0 Å². The number of hydrogen-bond acceptors (Lipinski definition) is 4. The number of methoxy groups -OCH3 is 1. The third kappa shape index (κ3) is 4.18. The molecular formula is C14H21NO5S. The van der Waals surface area contributed by atoms with Crippen LogP contribution in [0.5, 0.6) is 5.75 Å². The van der Waals surface area contributed by atoms with Crippen molar-refractivity contribution >= 4 is 16.0 Å². The first kappa shape index (κ1) is 17.5. The Balaban J connectivity index is 3.28. The van der Waals surface area contributed by atoms with Crippen LogP contribution in [0.25, 0.3) is 0 Å². The molecule has 0 aliphatic rings. The van der Waals surface area contributed by atoms with E-state index < -0.39 is 22.0 Å². The lowest BCUT2D eigenvalue weighted by molar-refractivity contribution is -0.139. The summed E-state index contributed by atoms with van der Waals surface area (Å²) in [6.45, 7) is 5.28. The summed E-state index contributed by atoms with van der Waals surface area (Å²) < 4.78 is 32.3. The third-order valence-electron chi connectivity index (χ3n) is 3.05. The number of carboxylic acid groups (broad SMARTS) is 1. The molecule has 21 heavy (non-hydrogen) atoms. The van der Waals surface area contributed by atoms with Gasteiger partial charge in [-0.25, -0.2) is 8.42 Å². The normalized spacial score (nSPS) is 13.0. The van der Waals surface area contributed by atoms with Gasteiger partial charge in [-0.05, 0) is 37.5 Å². The molecule has 1 unspecified atom stereocenters. The summed E-state index contributed by atoms with van der Waals surface area (Å²) in [7, 11) is -2.59. The zero-order valence-electron chi connectivity index (χ0n) is 12.6. The lowest BCUT2D eigenvalue weighted by Gasteiger charge is -2.17. The van der Waals surface area contributed by atoms with E-state index in [4.69, 9.17) is 9.84 Å². The Morgan fingerprint density at radius 2 is 2.00 bits per heavy atom. The minimum Gasteiger partial charge on any atom is -0.495 e. The third-order valence-corrected chi connectivity index (χ3v) is 4.70. The van der Waals surface area contributed by atoms with Crippen LogP contribution in [0.15, 0.2) is 17.0 Å². The second-order valence-corrected chi connectivity index (χ2v) is 6.56. The molecule has 0 aromatic heterocycles. The molecule has 1 rings (SSSR count). The highest BCUT2D eigenvalue weighted by atomic mass is 32.2. The molecule has 0 aliphatic carbocycles. The van der Waals surface area contributed by atoms with E-state index in [9.17, 15) is 13.2 Å². The van der Waals surface area contributed by atoms with Gasteiger partial charge in [-0.2, -0.15) is 4.72 Å². The summed E-state index contributed by atoms with van der Waals surface area (Å²) in [4.78, 5) is 11.1. The second-order valence-electron chi connectivity index (χ2n) is 4.91. The molecule has 1 aromatic rings. The molecule has 0 saturated carbocycles. The summed E-state index contributed by atoms with van der Waals surface area (Å²) in [5.74, 6) is -0.982. The maximum Gasteiger partial charge on any atom is 0.321 e. The molecule has 0 saturated heterocycles. The van der Waals surface area contributed by atoms with Crippen LogP contribution in [-0.2, 0) is 14.8 Å². The first-order chi connectivity index (χ1) is 9.72. The van der Waals surface area contributed by atoms with Crippen LogP contribution >= 0.6 is 0 Å².